The van der Waals surface area contributed by atoms with Crippen LogP contribution in [-0.4, -0.2) is 25.8 Å². The van der Waals surface area contributed by atoms with Crippen molar-refractivity contribution < 1.29 is 9.90 Å². The van der Waals surface area contributed by atoms with Crippen LogP contribution in [0.25, 0.3) is 0 Å². The largest absolute Gasteiger partial charge is 0.478 e. The Kier molecular flexibility index (Phi) is 4.60. The SMILES string of the molecule is CCn1ncnc1CSc1ccc(Br)c(C(=O)O)c1. The molecule has 0 fully saturated rings. The lowest BCUT2D eigenvalue weighted by Crippen LogP contribution is -2.02. The van der Waals surface area contributed by atoms with E-state index in [0.717, 1.165) is 17.3 Å². The summed E-state index contributed by atoms with van der Waals surface area (Å²) < 4.78 is 2.41. The first-order chi connectivity index (χ1) is 9.11. The van der Waals surface area contributed by atoms with E-state index in [9.17, 15) is 4.79 Å². The summed E-state index contributed by atoms with van der Waals surface area (Å²) in [5, 5.41) is 13.2. The third-order valence-corrected chi connectivity index (χ3v) is 4.21. The van der Waals surface area contributed by atoms with Crippen LogP contribution in [0.3, 0.4) is 0 Å². The van der Waals surface area contributed by atoms with Crippen LogP contribution in [-0.2, 0) is 12.3 Å². The fourth-order valence-corrected chi connectivity index (χ4v) is 2.87. The number of aromatic nitrogens is 3. The minimum Gasteiger partial charge on any atom is -0.478 e. The minimum absolute atomic E-state index is 0.266. The van der Waals surface area contributed by atoms with E-state index >= 15 is 0 Å². The third-order valence-electron chi connectivity index (χ3n) is 2.53. The molecule has 0 aliphatic rings. The van der Waals surface area contributed by atoms with E-state index < -0.39 is 5.97 Å². The van der Waals surface area contributed by atoms with Gasteiger partial charge in [0.1, 0.15) is 12.2 Å². The van der Waals surface area contributed by atoms with Gasteiger partial charge in [-0.25, -0.2) is 14.5 Å². The number of carboxylic acid groups (broad SMARTS) is 1. The molecule has 1 heterocycles. The lowest BCUT2D eigenvalue weighted by molar-refractivity contribution is 0.0695. The Hall–Kier alpha value is -1.34. The van der Waals surface area contributed by atoms with Gasteiger partial charge in [-0.2, -0.15) is 5.10 Å². The number of halogens is 1. The fourth-order valence-electron chi connectivity index (χ4n) is 1.57. The normalized spacial score (nSPS) is 10.6. The second-order valence-corrected chi connectivity index (χ2v) is 5.63. The van der Waals surface area contributed by atoms with Crippen LogP contribution >= 0.6 is 27.7 Å². The number of hydrogen-bond donors (Lipinski definition) is 1. The lowest BCUT2D eigenvalue weighted by Gasteiger charge is -2.05. The van der Waals surface area contributed by atoms with Gasteiger partial charge in [-0.3, -0.25) is 0 Å². The molecule has 1 aromatic heterocycles. The van der Waals surface area contributed by atoms with Crippen LogP contribution in [0.5, 0.6) is 0 Å². The first-order valence-electron chi connectivity index (χ1n) is 5.64. The van der Waals surface area contributed by atoms with E-state index in [1.54, 1.807) is 23.9 Å². The second-order valence-electron chi connectivity index (χ2n) is 3.73. The Balaban J connectivity index is 2.12. The summed E-state index contributed by atoms with van der Waals surface area (Å²) in [6.45, 7) is 2.78. The van der Waals surface area contributed by atoms with Crippen molar-refractivity contribution in [3.05, 3.63) is 40.4 Å². The number of rotatable bonds is 5. The number of aryl methyl sites for hydroxylation is 1. The highest BCUT2D eigenvalue weighted by Gasteiger charge is 2.10. The van der Waals surface area contributed by atoms with Crippen molar-refractivity contribution in [2.24, 2.45) is 0 Å². The predicted octanol–water partition coefficient (Wildman–Crippen LogP) is 3.05. The molecule has 2 rings (SSSR count). The smallest absolute Gasteiger partial charge is 0.336 e. The molecular formula is C12H12BrN3O2S. The predicted molar refractivity (Wildman–Crippen MR) is 76.4 cm³/mol. The van der Waals surface area contributed by atoms with Gasteiger partial charge >= 0.3 is 5.97 Å². The number of carboxylic acids is 1. The second kappa shape index (κ2) is 6.21. The van der Waals surface area contributed by atoms with Crippen molar-refractivity contribution in [3.63, 3.8) is 0 Å². The molecule has 0 saturated heterocycles. The van der Waals surface area contributed by atoms with Gasteiger partial charge in [0.05, 0.1) is 11.3 Å². The number of hydrogen-bond acceptors (Lipinski definition) is 4. The van der Waals surface area contributed by atoms with Gasteiger partial charge in [0.15, 0.2) is 0 Å². The summed E-state index contributed by atoms with van der Waals surface area (Å²) in [7, 11) is 0. The van der Waals surface area contributed by atoms with Crippen molar-refractivity contribution in [1.29, 1.82) is 0 Å². The van der Waals surface area contributed by atoms with Crippen LogP contribution in [0.4, 0.5) is 0 Å². The molecule has 5 nitrogen and oxygen atoms in total. The monoisotopic (exact) mass is 341 g/mol. The Morgan fingerprint density at radius 1 is 1.53 bits per heavy atom. The molecule has 2 aromatic rings. The highest BCUT2D eigenvalue weighted by molar-refractivity contribution is 9.10. The van der Waals surface area contributed by atoms with Gasteiger partial charge in [0, 0.05) is 15.9 Å². The summed E-state index contributed by atoms with van der Waals surface area (Å²) in [5.41, 5.74) is 0.266. The maximum atomic E-state index is 11.0. The molecule has 0 atom stereocenters. The molecule has 0 aliphatic carbocycles. The van der Waals surface area contributed by atoms with Gasteiger partial charge < -0.3 is 5.11 Å². The molecule has 1 aromatic carbocycles. The van der Waals surface area contributed by atoms with Crippen LogP contribution in [0.1, 0.15) is 23.1 Å². The maximum absolute atomic E-state index is 11.0. The Bertz CT molecular complexity index is 600. The zero-order chi connectivity index (χ0) is 13.8. The average Bonchev–Trinajstić information content (AvgIpc) is 2.84. The van der Waals surface area contributed by atoms with E-state index in [1.165, 1.54) is 6.33 Å². The van der Waals surface area contributed by atoms with Crippen molar-refractivity contribution in [1.82, 2.24) is 14.8 Å². The van der Waals surface area contributed by atoms with Crippen molar-refractivity contribution in [2.75, 3.05) is 0 Å². The number of benzene rings is 1. The molecule has 0 radical (unpaired) electrons. The van der Waals surface area contributed by atoms with Crippen LogP contribution < -0.4 is 0 Å². The molecule has 0 unspecified atom stereocenters. The average molecular weight is 342 g/mol. The minimum atomic E-state index is -0.939. The molecule has 19 heavy (non-hydrogen) atoms. The van der Waals surface area contributed by atoms with Gasteiger partial charge in [-0.15, -0.1) is 11.8 Å². The zero-order valence-electron chi connectivity index (χ0n) is 10.2. The van der Waals surface area contributed by atoms with Gasteiger partial charge in [-0.05, 0) is 41.1 Å². The van der Waals surface area contributed by atoms with Crippen LogP contribution in [0.2, 0.25) is 0 Å². The summed E-state index contributed by atoms with van der Waals surface area (Å²) >= 11 is 4.77. The Labute approximate surface area is 123 Å². The standard InChI is InChI=1S/C12H12BrN3O2S/c1-2-16-11(14-7-15-16)6-19-8-3-4-10(13)9(5-8)12(17)18/h3-5,7H,2,6H2,1H3,(H,17,18). The highest BCUT2D eigenvalue weighted by atomic mass is 79.9. The van der Waals surface area contributed by atoms with Gasteiger partial charge in [-0.1, -0.05) is 0 Å². The number of nitrogens with zero attached hydrogens (tertiary/aromatic N) is 3. The number of carbonyl (C=O) groups is 1. The Morgan fingerprint density at radius 3 is 3.00 bits per heavy atom. The van der Waals surface area contributed by atoms with Crippen molar-refractivity contribution in [3.8, 4) is 0 Å². The van der Waals surface area contributed by atoms with E-state index in [1.807, 2.05) is 17.7 Å². The van der Waals surface area contributed by atoms with Crippen LogP contribution in [0, 0.1) is 0 Å². The van der Waals surface area contributed by atoms with E-state index in [2.05, 4.69) is 26.0 Å². The maximum Gasteiger partial charge on any atom is 0.336 e. The Morgan fingerprint density at radius 2 is 2.32 bits per heavy atom. The summed E-state index contributed by atoms with van der Waals surface area (Å²) in [4.78, 5) is 16.1. The molecule has 1 N–H and O–H groups in total. The number of aromatic carboxylic acids is 1. The van der Waals surface area contributed by atoms with Gasteiger partial charge in [0.25, 0.3) is 0 Å². The quantitative estimate of drug-likeness (QED) is 0.846. The van der Waals surface area contributed by atoms with E-state index in [-0.39, 0.29) is 5.56 Å². The molecule has 0 amide bonds. The molecule has 0 spiro atoms. The van der Waals surface area contributed by atoms with E-state index in [0.29, 0.717) is 10.2 Å². The summed E-state index contributed by atoms with van der Waals surface area (Å²) in [6, 6.07) is 5.29. The molecule has 0 aliphatic heterocycles. The first-order valence-corrected chi connectivity index (χ1v) is 7.42. The van der Waals surface area contributed by atoms with Crippen molar-refractivity contribution in [2.45, 2.75) is 24.1 Å². The molecular weight excluding hydrogens is 330 g/mol. The third kappa shape index (κ3) is 3.36. The summed E-state index contributed by atoms with van der Waals surface area (Å²) in [5.74, 6) is 0.604. The van der Waals surface area contributed by atoms with E-state index in [4.69, 9.17) is 5.11 Å². The molecule has 0 saturated carbocycles. The molecule has 7 heteroatoms. The topological polar surface area (TPSA) is 68.0 Å². The van der Waals surface area contributed by atoms with Gasteiger partial charge in [0.2, 0.25) is 0 Å². The highest BCUT2D eigenvalue weighted by Crippen LogP contribution is 2.26. The number of thioether (sulfide) groups is 1. The lowest BCUT2D eigenvalue weighted by atomic mass is 10.2. The first kappa shape index (κ1) is 14.1. The van der Waals surface area contributed by atoms with Crippen LogP contribution in [0.15, 0.2) is 33.9 Å². The van der Waals surface area contributed by atoms with Crippen molar-refractivity contribution >= 4 is 33.7 Å². The molecule has 100 valence electrons. The molecule has 0 bridgehead atoms. The summed E-state index contributed by atoms with van der Waals surface area (Å²) in [6.07, 6.45) is 1.53. The fraction of sp³-hybridized carbons (Fsp3) is 0.250. The zero-order valence-corrected chi connectivity index (χ0v) is 12.6.